The van der Waals surface area contributed by atoms with Gasteiger partial charge in [0, 0.05) is 11.1 Å². The maximum absolute atomic E-state index is 2.61. The van der Waals surface area contributed by atoms with Gasteiger partial charge in [0.15, 0.2) is 0 Å². The second kappa shape index (κ2) is 10.5. The summed E-state index contributed by atoms with van der Waals surface area (Å²) in [6, 6.07) is 36.4. The van der Waals surface area contributed by atoms with E-state index in [1.54, 1.807) is 0 Å². The maximum atomic E-state index is 2.61. The third-order valence-corrected chi connectivity index (χ3v) is 12.2. The third kappa shape index (κ3) is 3.84. The van der Waals surface area contributed by atoms with Crippen molar-refractivity contribution in [1.29, 1.82) is 0 Å². The van der Waals surface area contributed by atoms with Gasteiger partial charge in [0.2, 0.25) is 0 Å². The molecule has 2 aliphatic rings. The molecule has 0 spiro atoms. The molecular formula is C30H26Cl2SiZr. The first-order chi connectivity index (χ1) is 15.2. The molecule has 0 unspecified atom stereocenters. The van der Waals surface area contributed by atoms with Crippen molar-refractivity contribution in [3.05, 3.63) is 131 Å². The molecule has 6 rings (SSSR count). The molecular weight excluding hydrogens is 551 g/mol. The van der Waals surface area contributed by atoms with Gasteiger partial charge in [-0.2, -0.15) is 0 Å². The molecule has 168 valence electrons. The van der Waals surface area contributed by atoms with Gasteiger partial charge in [0.25, 0.3) is 0 Å². The molecule has 0 N–H and O–H groups in total. The minimum absolute atomic E-state index is 0. The zero-order valence-electron chi connectivity index (χ0n) is 19.3. The number of hydrogen-bond acceptors (Lipinski definition) is 0. The van der Waals surface area contributed by atoms with Crippen LogP contribution in [-0.4, -0.2) is 8.07 Å². The van der Waals surface area contributed by atoms with Crippen LogP contribution >= 0.6 is 0 Å². The van der Waals surface area contributed by atoms with Crippen molar-refractivity contribution in [2.45, 2.75) is 24.6 Å². The molecule has 0 saturated carbocycles. The minimum Gasteiger partial charge on any atom is -1.00 e. The molecule has 4 aromatic carbocycles. The predicted octanol–water partition coefficient (Wildman–Crippen LogP) is 1.89. The van der Waals surface area contributed by atoms with E-state index in [-0.39, 0.29) is 51.0 Å². The number of benzene rings is 4. The fraction of sp³-hybridized carbons (Fsp3) is 0.133. The summed E-state index contributed by atoms with van der Waals surface area (Å²) in [7, 11) is -2.07. The zero-order valence-corrected chi connectivity index (χ0v) is 24.3. The standard InChI is InChI=1S/C30H26Si.2ClH.Zr/c1-3-20-31(2,29-25-16-8-4-12-21(25)22-13-5-9-17-26(22)29)30-27-18-10-6-14-23(27)24-15-7-11-19-28(24)30;;;/h3-20,29-30H,1-2H3;2*1H;/q;;;+2/p-2. The number of fused-ring (bicyclic) bond motifs is 6. The maximum Gasteiger partial charge on any atom is 2.00 e. The topological polar surface area (TPSA) is 0 Å². The van der Waals surface area contributed by atoms with Gasteiger partial charge >= 0.3 is 26.2 Å². The first kappa shape index (κ1) is 26.9. The minimum atomic E-state index is -2.07. The quantitative estimate of drug-likeness (QED) is 0.327. The Morgan fingerprint density at radius 2 is 0.794 bits per heavy atom. The van der Waals surface area contributed by atoms with Crippen LogP contribution in [-0.2, 0) is 26.2 Å². The van der Waals surface area contributed by atoms with Gasteiger partial charge in [-0.1, -0.05) is 115 Å². The van der Waals surface area contributed by atoms with Crippen molar-refractivity contribution >= 4 is 8.07 Å². The summed E-state index contributed by atoms with van der Waals surface area (Å²) in [6.07, 6.45) is 2.32. The molecule has 0 saturated heterocycles. The smallest absolute Gasteiger partial charge is 1.00 e. The molecule has 0 heterocycles. The second-order valence-electron chi connectivity index (χ2n) is 9.08. The van der Waals surface area contributed by atoms with Crippen LogP contribution in [0.1, 0.15) is 40.3 Å². The van der Waals surface area contributed by atoms with Gasteiger partial charge in [-0.25, -0.2) is 0 Å². The van der Waals surface area contributed by atoms with Crippen LogP contribution < -0.4 is 24.8 Å². The van der Waals surface area contributed by atoms with Crippen LogP contribution in [0.3, 0.4) is 0 Å². The van der Waals surface area contributed by atoms with Gasteiger partial charge in [-0.05, 0) is 51.4 Å². The summed E-state index contributed by atoms with van der Waals surface area (Å²) in [5, 5.41) is 0. The molecule has 0 atom stereocenters. The average molecular weight is 577 g/mol. The Morgan fingerprint density at radius 1 is 0.529 bits per heavy atom. The van der Waals surface area contributed by atoms with Crippen molar-refractivity contribution < 1.29 is 51.0 Å². The summed E-state index contributed by atoms with van der Waals surface area (Å²) in [5.74, 6) is 0. The molecule has 0 nitrogen and oxygen atoms in total. The van der Waals surface area contributed by atoms with Gasteiger partial charge in [0.05, 0.1) is 8.07 Å². The van der Waals surface area contributed by atoms with E-state index in [1.807, 2.05) is 0 Å². The monoisotopic (exact) mass is 574 g/mol. The fourth-order valence-corrected chi connectivity index (χ4v) is 11.5. The summed E-state index contributed by atoms with van der Waals surface area (Å²) < 4.78 is 0. The first-order valence-corrected chi connectivity index (χ1v) is 14.0. The zero-order chi connectivity index (χ0) is 21.0. The van der Waals surface area contributed by atoms with Gasteiger partial charge in [0.1, 0.15) is 0 Å². The summed E-state index contributed by atoms with van der Waals surface area (Å²) in [6.45, 7) is 4.81. The molecule has 0 amide bonds. The Bertz CT molecular complexity index is 1160. The Balaban J connectivity index is 0.00000108. The first-order valence-electron chi connectivity index (χ1n) is 11.2. The van der Waals surface area contributed by atoms with E-state index in [2.05, 4.69) is 122 Å². The molecule has 2 aliphatic carbocycles. The van der Waals surface area contributed by atoms with Gasteiger partial charge in [-0.3, -0.25) is 0 Å². The molecule has 0 bridgehead atoms. The summed E-state index contributed by atoms with van der Waals surface area (Å²) in [4.78, 5) is 0. The van der Waals surface area contributed by atoms with Crippen LogP contribution in [0.15, 0.2) is 109 Å². The average Bonchev–Trinajstić information content (AvgIpc) is 3.33. The Kier molecular flexibility index (Phi) is 8.31. The largest absolute Gasteiger partial charge is 2.00 e. The molecule has 4 heteroatoms. The van der Waals surface area contributed by atoms with Crippen LogP contribution in [0.25, 0.3) is 22.3 Å². The van der Waals surface area contributed by atoms with Gasteiger partial charge in [-0.15, -0.1) is 0 Å². The number of hydrogen-bond donors (Lipinski definition) is 0. The SMILES string of the molecule is CC=C[Si](C)(C1c2ccccc2-c2ccccc21)C1c2ccccc2-c2ccccc21.[Cl-].[Cl-].[Zr+2]. The van der Waals surface area contributed by atoms with Crippen LogP contribution in [0.5, 0.6) is 0 Å². The Hall–Kier alpha value is -1.70. The predicted molar refractivity (Wildman–Crippen MR) is 134 cm³/mol. The molecule has 0 radical (unpaired) electrons. The molecule has 34 heavy (non-hydrogen) atoms. The fourth-order valence-electron chi connectivity index (χ4n) is 6.37. The number of allylic oxidation sites excluding steroid dienone is 1. The van der Waals surface area contributed by atoms with E-state index in [0.29, 0.717) is 11.1 Å². The van der Waals surface area contributed by atoms with Crippen molar-refractivity contribution in [3.8, 4) is 22.3 Å². The molecule has 4 aromatic rings. The van der Waals surface area contributed by atoms with E-state index in [9.17, 15) is 0 Å². The molecule has 0 fully saturated rings. The Labute approximate surface area is 235 Å². The summed E-state index contributed by atoms with van der Waals surface area (Å²) >= 11 is 0. The second-order valence-corrected chi connectivity index (χ2v) is 13.3. The normalized spacial score (nSPS) is 13.7. The van der Waals surface area contributed by atoms with Crippen molar-refractivity contribution in [2.75, 3.05) is 0 Å². The van der Waals surface area contributed by atoms with Crippen LogP contribution in [0.2, 0.25) is 6.55 Å². The summed E-state index contributed by atoms with van der Waals surface area (Å²) in [5.41, 5.74) is 15.2. The number of rotatable bonds is 3. The van der Waals surface area contributed by atoms with Crippen molar-refractivity contribution in [3.63, 3.8) is 0 Å². The molecule has 0 aliphatic heterocycles. The van der Waals surface area contributed by atoms with E-state index < -0.39 is 8.07 Å². The van der Waals surface area contributed by atoms with E-state index in [1.165, 1.54) is 44.5 Å². The Morgan fingerprint density at radius 3 is 1.06 bits per heavy atom. The van der Waals surface area contributed by atoms with Gasteiger partial charge < -0.3 is 24.8 Å². The van der Waals surface area contributed by atoms with Crippen molar-refractivity contribution in [1.82, 2.24) is 0 Å². The van der Waals surface area contributed by atoms with Crippen LogP contribution in [0, 0.1) is 0 Å². The van der Waals surface area contributed by atoms with Crippen molar-refractivity contribution in [2.24, 2.45) is 0 Å². The number of halogens is 2. The third-order valence-electron chi connectivity index (χ3n) is 7.44. The molecule has 0 aromatic heterocycles. The van der Waals surface area contributed by atoms with Crippen LogP contribution in [0.4, 0.5) is 0 Å². The van der Waals surface area contributed by atoms with E-state index in [4.69, 9.17) is 0 Å². The van der Waals surface area contributed by atoms with E-state index >= 15 is 0 Å². The van der Waals surface area contributed by atoms with E-state index in [0.717, 1.165) is 0 Å².